The van der Waals surface area contributed by atoms with E-state index in [9.17, 15) is 37.1 Å². The summed E-state index contributed by atoms with van der Waals surface area (Å²) in [6.45, 7) is 0. The van der Waals surface area contributed by atoms with Gasteiger partial charge in [0.05, 0.1) is 29.9 Å². The average molecular weight is 617 g/mol. The summed E-state index contributed by atoms with van der Waals surface area (Å²) in [5, 5.41) is 9.61. The van der Waals surface area contributed by atoms with Crippen LogP contribution in [0, 0.1) is 0 Å². The molecule has 4 heterocycles. The van der Waals surface area contributed by atoms with E-state index < -0.39 is 35.8 Å². The van der Waals surface area contributed by atoms with Gasteiger partial charge in [-0.05, 0) is 24.3 Å². The number of rotatable bonds is 8. The second kappa shape index (κ2) is 11.9. The molecule has 4 rings (SSSR count). The van der Waals surface area contributed by atoms with Crippen LogP contribution in [0.4, 0.5) is 35.9 Å². The minimum atomic E-state index is -5.09. The van der Waals surface area contributed by atoms with Crippen molar-refractivity contribution in [1.82, 2.24) is 18.3 Å². The average Bonchev–Trinajstić information content (AvgIpc) is 3.68. The van der Waals surface area contributed by atoms with E-state index in [4.69, 9.17) is 4.74 Å². The third-order valence-corrected chi connectivity index (χ3v) is 6.40. The normalized spacial score (nSPS) is 11.2. The van der Waals surface area contributed by atoms with Crippen molar-refractivity contribution >= 4 is 52.3 Å². The van der Waals surface area contributed by atoms with Crippen molar-refractivity contribution in [3.63, 3.8) is 0 Å². The molecular weight excluding hydrogens is 589 g/mol. The van der Waals surface area contributed by atoms with Crippen molar-refractivity contribution in [3.05, 3.63) is 71.8 Å². The summed E-state index contributed by atoms with van der Waals surface area (Å²) in [4.78, 5) is 61.7. The van der Waals surface area contributed by atoms with Gasteiger partial charge in [0.1, 0.15) is 22.8 Å². The fourth-order valence-corrected chi connectivity index (χ4v) is 4.30. The summed E-state index contributed by atoms with van der Waals surface area (Å²) in [6.07, 6.45) is 0.578. The number of amides is 4. The van der Waals surface area contributed by atoms with E-state index >= 15 is 0 Å². The number of alkyl halides is 3. The van der Waals surface area contributed by atoms with Crippen LogP contribution in [0.5, 0.6) is 0 Å². The number of anilines is 4. The number of aromatic nitrogens is 4. The maximum atomic E-state index is 13.0. The topological polar surface area (TPSA) is 162 Å². The predicted octanol–water partition coefficient (Wildman–Crippen LogP) is 3.08. The first kappa shape index (κ1) is 31.2. The van der Waals surface area contributed by atoms with Crippen molar-refractivity contribution in [2.24, 2.45) is 28.2 Å². The van der Waals surface area contributed by atoms with Gasteiger partial charge in [-0.1, -0.05) is 0 Å². The van der Waals surface area contributed by atoms with E-state index in [0.717, 1.165) is 12.3 Å². The lowest BCUT2D eigenvalue weighted by Gasteiger charge is -2.05. The monoisotopic (exact) mass is 616 g/mol. The molecule has 0 radical (unpaired) electrons. The van der Waals surface area contributed by atoms with Gasteiger partial charge in [0, 0.05) is 53.0 Å². The summed E-state index contributed by atoms with van der Waals surface area (Å²) < 4.78 is 48.0. The highest BCUT2D eigenvalue weighted by Crippen LogP contribution is 2.22. The molecule has 0 aliphatic carbocycles. The Hall–Kier alpha value is -5.74. The Morgan fingerprint density at radius 1 is 0.568 bits per heavy atom. The van der Waals surface area contributed by atoms with Crippen LogP contribution in [0.15, 0.2) is 49.1 Å². The van der Waals surface area contributed by atoms with Gasteiger partial charge >= 0.3 is 18.1 Å². The molecule has 0 bridgehead atoms. The maximum absolute atomic E-state index is 13.0. The molecule has 0 spiro atoms. The first-order valence-electron chi connectivity index (χ1n) is 12.6. The Morgan fingerprint density at radius 2 is 0.864 bits per heavy atom. The fraction of sp³-hybridized carbons (Fsp3) is 0.222. The molecule has 0 aromatic carbocycles. The third kappa shape index (κ3) is 6.66. The molecule has 14 nitrogen and oxygen atoms in total. The lowest BCUT2D eigenvalue weighted by molar-refractivity contribution is -0.167. The SMILES string of the molecule is COC(=O)c1cc(NC(=O)c2cc(NC(=O)c3cc(NC(=O)c4cc(NC(=O)C(F)(F)F)cn4C)cn3C)cn2C)cn1C. The standard InChI is InChI=1S/C27H27F3N8O6/c1-35-11-15(32-24(41)20-8-17(13-37(20)3)34-26(43)27(28,29)30)6-18(35)22(39)31-14-7-19(36(2)10-14)23(40)33-16-9-21(25(42)44-5)38(4)12-16/h6-13H,1-5H3,(H,31,39)(H,32,41)(H,33,40)(H,34,43). The van der Waals surface area contributed by atoms with Crippen molar-refractivity contribution in [2.45, 2.75) is 6.18 Å². The second-order valence-corrected chi connectivity index (χ2v) is 9.71. The molecular formula is C27H27F3N8O6. The summed E-state index contributed by atoms with van der Waals surface area (Å²) in [6, 6.07) is 5.37. The van der Waals surface area contributed by atoms with Crippen LogP contribution >= 0.6 is 0 Å². The first-order chi connectivity index (χ1) is 20.6. The number of nitrogens with one attached hydrogen (secondary N) is 4. The minimum Gasteiger partial charge on any atom is -0.464 e. The van der Waals surface area contributed by atoms with Crippen molar-refractivity contribution in [3.8, 4) is 0 Å². The fourth-order valence-electron chi connectivity index (χ4n) is 4.30. The maximum Gasteiger partial charge on any atom is 0.471 e. The molecule has 0 unspecified atom stereocenters. The van der Waals surface area contributed by atoms with Crippen LogP contribution in [-0.2, 0) is 37.7 Å². The first-order valence-corrected chi connectivity index (χ1v) is 12.6. The van der Waals surface area contributed by atoms with Crippen LogP contribution in [0.2, 0.25) is 0 Å². The number of aryl methyl sites for hydroxylation is 4. The number of esters is 1. The van der Waals surface area contributed by atoms with Crippen molar-refractivity contribution in [1.29, 1.82) is 0 Å². The highest BCUT2D eigenvalue weighted by molar-refractivity contribution is 6.09. The number of ether oxygens (including phenoxy) is 1. The van der Waals surface area contributed by atoms with Crippen LogP contribution in [0.1, 0.15) is 42.0 Å². The smallest absolute Gasteiger partial charge is 0.464 e. The molecule has 17 heteroatoms. The Morgan fingerprint density at radius 3 is 1.18 bits per heavy atom. The summed E-state index contributed by atoms with van der Waals surface area (Å²) in [5.74, 6) is -4.50. The van der Waals surface area contributed by atoms with Gasteiger partial charge in [0.2, 0.25) is 0 Å². The lowest BCUT2D eigenvalue weighted by Crippen LogP contribution is -2.29. The second-order valence-electron chi connectivity index (χ2n) is 9.71. The van der Waals surface area contributed by atoms with Gasteiger partial charge in [-0.15, -0.1) is 0 Å². The zero-order chi connectivity index (χ0) is 32.5. The molecule has 0 aliphatic rings. The quantitative estimate of drug-likeness (QED) is 0.223. The molecule has 44 heavy (non-hydrogen) atoms. The third-order valence-electron chi connectivity index (χ3n) is 6.40. The highest BCUT2D eigenvalue weighted by atomic mass is 19.4. The minimum absolute atomic E-state index is 0.0514. The van der Waals surface area contributed by atoms with Crippen LogP contribution < -0.4 is 21.3 Å². The molecule has 4 aromatic rings. The molecule has 232 valence electrons. The molecule has 4 N–H and O–H groups in total. The van der Waals surface area contributed by atoms with Gasteiger partial charge in [0.15, 0.2) is 0 Å². The lowest BCUT2D eigenvalue weighted by atomic mass is 10.3. The number of methoxy groups -OCH3 is 1. The number of hydrogen-bond donors (Lipinski definition) is 4. The molecule has 0 aliphatic heterocycles. The van der Waals surface area contributed by atoms with Gasteiger partial charge in [-0.2, -0.15) is 13.2 Å². The zero-order valence-electron chi connectivity index (χ0n) is 24.0. The summed E-state index contributed by atoms with van der Waals surface area (Å²) in [5.41, 5.74) is 1.19. The van der Waals surface area contributed by atoms with Crippen LogP contribution in [0.3, 0.4) is 0 Å². The van der Waals surface area contributed by atoms with Gasteiger partial charge in [-0.25, -0.2) is 4.79 Å². The summed E-state index contributed by atoms with van der Waals surface area (Å²) in [7, 11) is 7.45. The molecule has 4 amide bonds. The number of nitrogens with zero attached hydrogens (tertiary/aromatic N) is 4. The van der Waals surface area contributed by atoms with Crippen molar-refractivity contribution in [2.75, 3.05) is 28.4 Å². The molecule has 4 aromatic heterocycles. The number of hydrogen-bond acceptors (Lipinski definition) is 6. The molecule has 0 atom stereocenters. The largest absolute Gasteiger partial charge is 0.471 e. The van der Waals surface area contributed by atoms with Gasteiger partial charge in [-0.3, -0.25) is 19.2 Å². The van der Waals surface area contributed by atoms with E-state index in [1.807, 2.05) is 0 Å². The Kier molecular flexibility index (Phi) is 8.41. The van der Waals surface area contributed by atoms with Gasteiger partial charge in [0.25, 0.3) is 17.7 Å². The molecule has 0 saturated carbocycles. The van der Waals surface area contributed by atoms with E-state index in [1.54, 1.807) is 32.7 Å². The van der Waals surface area contributed by atoms with E-state index in [-0.39, 0.29) is 34.2 Å². The predicted molar refractivity (Wildman–Crippen MR) is 152 cm³/mol. The Balaban J connectivity index is 1.41. The van der Waals surface area contributed by atoms with Gasteiger partial charge < -0.3 is 44.3 Å². The van der Waals surface area contributed by atoms with Crippen LogP contribution in [-0.4, -0.2) is 61.2 Å². The zero-order valence-corrected chi connectivity index (χ0v) is 24.0. The number of halogens is 3. The summed E-state index contributed by atoms with van der Waals surface area (Å²) >= 11 is 0. The van der Waals surface area contributed by atoms with Crippen LogP contribution in [0.25, 0.3) is 0 Å². The Labute approximate surface area is 247 Å². The van der Waals surface area contributed by atoms with E-state index in [1.165, 1.54) is 63.0 Å². The number of carbonyl (C=O) groups is 5. The Bertz CT molecular complexity index is 1790. The van der Waals surface area contributed by atoms with E-state index in [2.05, 4.69) is 16.0 Å². The van der Waals surface area contributed by atoms with E-state index in [0.29, 0.717) is 11.4 Å². The molecule has 0 fully saturated rings. The van der Waals surface area contributed by atoms with Crippen molar-refractivity contribution < 1.29 is 41.9 Å². The number of carbonyl (C=O) groups excluding carboxylic acids is 5. The highest BCUT2D eigenvalue weighted by Gasteiger charge is 2.39. The molecule has 0 saturated heterocycles.